The molecule has 0 atom stereocenters. The number of carbonyl (C=O) groups excluding carboxylic acids is 2. The lowest BCUT2D eigenvalue weighted by atomic mass is 10.1. The van der Waals surface area contributed by atoms with Crippen LogP contribution in [0.15, 0.2) is 47.4 Å². The smallest absolute Gasteiger partial charge is 0.243 e. The molecule has 0 aliphatic rings. The predicted molar refractivity (Wildman–Crippen MR) is 104 cm³/mol. The van der Waals surface area contributed by atoms with Gasteiger partial charge in [-0.25, -0.2) is 13.1 Å². The second kappa shape index (κ2) is 8.79. The summed E-state index contributed by atoms with van der Waals surface area (Å²) in [6.45, 7) is 4.93. The first-order valence-corrected chi connectivity index (χ1v) is 9.86. The molecule has 27 heavy (non-hydrogen) atoms. The number of carbonyl (C=O) groups is 2. The molecule has 0 radical (unpaired) electrons. The summed E-state index contributed by atoms with van der Waals surface area (Å²) in [6.07, 6.45) is 0. The average molecular weight is 389 g/mol. The maximum atomic E-state index is 12.1. The van der Waals surface area contributed by atoms with Gasteiger partial charge in [0.15, 0.2) is 0 Å². The molecule has 2 aromatic carbocycles. The van der Waals surface area contributed by atoms with E-state index < -0.39 is 28.4 Å². The molecule has 0 spiro atoms. The number of sulfonamides is 1. The average Bonchev–Trinajstić information content (AvgIpc) is 2.62. The number of benzene rings is 2. The monoisotopic (exact) mass is 389 g/mol. The molecular weight excluding hydrogens is 366 g/mol. The van der Waals surface area contributed by atoms with Crippen LogP contribution in [-0.2, 0) is 19.6 Å². The zero-order valence-electron chi connectivity index (χ0n) is 15.5. The molecular formula is C19H23N3O4S. The van der Waals surface area contributed by atoms with Crippen molar-refractivity contribution in [3.05, 3.63) is 59.2 Å². The Hall–Kier alpha value is -2.71. The third-order valence-corrected chi connectivity index (χ3v) is 5.28. The lowest BCUT2D eigenvalue weighted by molar-refractivity contribution is -0.123. The van der Waals surface area contributed by atoms with E-state index in [1.807, 2.05) is 39.0 Å². The lowest BCUT2D eigenvalue weighted by Gasteiger charge is -2.11. The number of nitrogens with one attached hydrogen (secondary N) is 3. The van der Waals surface area contributed by atoms with Crippen molar-refractivity contribution in [3.8, 4) is 0 Å². The van der Waals surface area contributed by atoms with E-state index in [0.717, 1.165) is 16.7 Å². The van der Waals surface area contributed by atoms with Gasteiger partial charge in [0.1, 0.15) is 0 Å². The maximum Gasteiger partial charge on any atom is 0.243 e. The number of anilines is 1. The van der Waals surface area contributed by atoms with Crippen LogP contribution in [0, 0.1) is 20.8 Å². The summed E-state index contributed by atoms with van der Waals surface area (Å²) in [6, 6.07) is 11.9. The second-order valence-electron chi connectivity index (χ2n) is 6.28. The minimum absolute atomic E-state index is 0.0774. The Labute approximate surface area is 159 Å². The predicted octanol–water partition coefficient (Wildman–Crippen LogP) is 1.65. The van der Waals surface area contributed by atoms with Crippen molar-refractivity contribution in [1.82, 2.24) is 10.0 Å². The van der Waals surface area contributed by atoms with Gasteiger partial charge >= 0.3 is 0 Å². The van der Waals surface area contributed by atoms with Crippen molar-refractivity contribution >= 4 is 27.5 Å². The van der Waals surface area contributed by atoms with Gasteiger partial charge in [-0.2, -0.15) is 0 Å². The molecule has 144 valence electrons. The van der Waals surface area contributed by atoms with E-state index in [1.165, 1.54) is 12.1 Å². The number of rotatable bonds is 7. The molecule has 0 saturated carbocycles. The minimum Gasteiger partial charge on any atom is -0.346 e. The molecule has 0 heterocycles. The van der Waals surface area contributed by atoms with Gasteiger partial charge in [0.25, 0.3) is 0 Å². The molecule has 0 unspecified atom stereocenters. The first-order valence-electron chi connectivity index (χ1n) is 8.37. The molecule has 2 aromatic rings. The Balaban J connectivity index is 1.82. The Morgan fingerprint density at radius 2 is 1.48 bits per heavy atom. The summed E-state index contributed by atoms with van der Waals surface area (Å²) in [5.74, 6) is -0.986. The molecule has 0 saturated heterocycles. The van der Waals surface area contributed by atoms with Gasteiger partial charge in [0.05, 0.1) is 18.0 Å². The summed E-state index contributed by atoms with van der Waals surface area (Å²) < 4.78 is 26.5. The third kappa shape index (κ3) is 6.19. The fourth-order valence-electron chi connectivity index (χ4n) is 2.27. The zero-order valence-corrected chi connectivity index (χ0v) is 16.3. The van der Waals surface area contributed by atoms with Crippen LogP contribution >= 0.6 is 0 Å². The van der Waals surface area contributed by atoms with Crippen LogP contribution < -0.4 is 15.4 Å². The van der Waals surface area contributed by atoms with Crippen LogP contribution in [0.1, 0.15) is 16.7 Å². The number of hydrogen-bond donors (Lipinski definition) is 3. The van der Waals surface area contributed by atoms with Crippen molar-refractivity contribution in [1.29, 1.82) is 0 Å². The van der Waals surface area contributed by atoms with Crippen molar-refractivity contribution in [2.45, 2.75) is 25.7 Å². The molecule has 2 amide bonds. The van der Waals surface area contributed by atoms with Gasteiger partial charge in [-0.05, 0) is 50.1 Å². The topological polar surface area (TPSA) is 104 Å². The number of hydrogen-bond acceptors (Lipinski definition) is 4. The maximum absolute atomic E-state index is 12.1. The van der Waals surface area contributed by atoms with E-state index in [9.17, 15) is 18.0 Å². The quantitative estimate of drug-likeness (QED) is 0.670. The van der Waals surface area contributed by atoms with E-state index in [-0.39, 0.29) is 11.4 Å². The molecule has 0 aromatic heterocycles. The molecule has 0 aliphatic carbocycles. The van der Waals surface area contributed by atoms with Gasteiger partial charge in [-0.15, -0.1) is 0 Å². The molecule has 7 nitrogen and oxygen atoms in total. The Kier molecular flexibility index (Phi) is 6.70. The number of aryl methyl sites for hydroxylation is 3. The fraction of sp³-hybridized carbons (Fsp3) is 0.263. The van der Waals surface area contributed by atoms with Gasteiger partial charge in [0, 0.05) is 5.69 Å². The Morgan fingerprint density at radius 3 is 2.15 bits per heavy atom. The van der Waals surface area contributed by atoms with E-state index in [2.05, 4.69) is 15.4 Å². The molecule has 0 aliphatic heterocycles. The molecule has 0 fully saturated rings. The van der Waals surface area contributed by atoms with Crippen molar-refractivity contribution in [3.63, 3.8) is 0 Å². The fourth-order valence-corrected chi connectivity index (χ4v) is 3.25. The van der Waals surface area contributed by atoms with Crippen molar-refractivity contribution in [2.24, 2.45) is 0 Å². The normalized spacial score (nSPS) is 11.1. The SMILES string of the molecule is Cc1ccc(S(=O)(=O)NCC(=O)NCC(=O)Nc2cc(C)ccc2C)cc1. The van der Waals surface area contributed by atoms with Crippen LogP contribution in [0.25, 0.3) is 0 Å². The highest BCUT2D eigenvalue weighted by Gasteiger charge is 2.15. The van der Waals surface area contributed by atoms with Gasteiger partial charge in [-0.3, -0.25) is 9.59 Å². The van der Waals surface area contributed by atoms with Crippen LogP contribution in [0.4, 0.5) is 5.69 Å². The van der Waals surface area contributed by atoms with Gasteiger partial charge < -0.3 is 10.6 Å². The molecule has 8 heteroatoms. The highest BCUT2D eigenvalue weighted by atomic mass is 32.2. The van der Waals surface area contributed by atoms with Crippen LogP contribution in [0.2, 0.25) is 0 Å². The second-order valence-corrected chi connectivity index (χ2v) is 8.05. The van der Waals surface area contributed by atoms with E-state index in [1.54, 1.807) is 12.1 Å². The van der Waals surface area contributed by atoms with Crippen molar-refractivity contribution in [2.75, 3.05) is 18.4 Å². The summed E-state index contributed by atoms with van der Waals surface area (Å²) in [5.41, 5.74) is 3.52. The largest absolute Gasteiger partial charge is 0.346 e. The summed E-state index contributed by atoms with van der Waals surface area (Å²) in [7, 11) is -3.78. The summed E-state index contributed by atoms with van der Waals surface area (Å²) >= 11 is 0. The van der Waals surface area contributed by atoms with Crippen molar-refractivity contribution < 1.29 is 18.0 Å². The van der Waals surface area contributed by atoms with Gasteiger partial charge in [-0.1, -0.05) is 29.8 Å². The van der Waals surface area contributed by atoms with E-state index >= 15 is 0 Å². The van der Waals surface area contributed by atoms with E-state index in [0.29, 0.717) is 5.69 Å². The highest BCUT2D eigenvalue weighted by molar-refractivity contribution is 7.89. The summed E-state index contributed by atoms with van der Waals surface area (Å²) in [4.78, 5) is 23.9. The molecule has 2 rings (SSSR count). The first-order chi connectivity index (χ1) is 12.7. The Bertz CT molecular complexity index is 938. The number of amides is 2. The standard InChI is InChI=1S/C19H23N3O4S/c1-13-5-8-16(9-6-13)27(25,26)21-12-18(23)20-11-19(24)22-17-10-14(2)4-7-15(17)3/h4-10,21H,11-12H2,1-3H3,(H,20,23)(H,22,24). The van der Waals surface area contributed by atoms with Crippen LogP contribution in [0.5, 0.6) is 0 Å². The van der Waals surface area contributed by atoms with Gasteiger partial charge in [0.2, 0.25) is 21.8 Å². The zero-order chi connectivity index (χ0) is 20.0. The summed E-state index contributed by atoms with van der Waals surface area (Å²) in [5, 5.41) is 5.11. The highest BCUT2D eigenvalue weighted by Crippen LogP contribution is 2.16. The molecule has 0 bridgehead atoms. The lowest BCUT2D eigenvalue weighted by Crippen LogP contribution is -2.40. The molecule has 3 N–H and O–H groups in total. The third-order valence-electron chi connectivity index (χ3n) is 3.87. The first kappa shape index (κ1) is 20.6. The minimum atomic E-state index is -3.78. The van der Waals surface area contributed by atoms with E-state index in [4.69, 9.17) is 0 Å². The Morgan fingerprint density at radius 1 is 0.852 bits per heavy atom. The van der Waals surface area contributed by atoms with Crippen LogP contribution in [-0.4, -0.2) is 33.3 Å². The van der Waals surface area contributed by atoms with Crippen LogP contribution in [0.3, 0.4) is 0 Å².